The second-order valence-electron chi connectivity index (χ2n) is 9.66. The fourth-order valence-corrected chi connectivity index (χ4v) is 6.98. The maximum Gasteiger partial charge on any atom is 0.262 e. The first-order valence-electron chi connectivity index (χ1n) is 12.5. The Morgan fingerprint density at radius 2 is 1.81 bits per heavy atom. The van der Waals surface area contributed by atoms with Gasteiger partial charge in [0.15, 0.2) is 6.61 Å². The van der Waals surface area contributed by atoms with Crippen molar-refractivity contribution in [3.63, 3.8) is 0 Å². The van der Waals surface area contributed by atoms with Gasteiger partial charge < -0.3 is 24.6 Å². The van der Waals surface area contributed by atoms with E-state index in [-0.39, 0.29) is 35.8 Å². The maximum absolute atomic E-state index is 13.6. The van der Waals surface area contributed by atoms with Crippen LogP contribution in [0.2, 0.25) is 0 Å². The van der Waals surface area contributed by atoms with Gasteiger partial charge >= 0.3 is 0 Å². The summed E-state index contributed by atoms with van der Waals surface area (Å²) in [6, 6.07) is 11.0. The topological polar surface area (TPSA) is 108 Å². The lowest BCUT2D eigenvalue weighted by molar-refractivity contribution is -0.137. The molecule has 0 radical (unpaired) electrons. The molecule has 3 heterocycles. The molecule has 0 aromatic heterocycles. The number of anilines is 2. The lowest BCUT2D eigenvalue weighted by atomic mass is 9.97. The molecule has 37 heavy (non-hydrogen) atoms. The van der Waals surface area contributed by atoms with E-state index in [1.54, 1.807) is 20.1 Å². The van der Waals surface area contributed by atoms with E-state index in [4.69, 9.17) is 9.47 Å². The normalized spacial score (nSPS) is 20.6. The van der Waals surface area contributed by atoms with Crippen LogP contribution in [0.1, 0.15) is 18.4 Å². The highest BCUT2D eigenvalue weighted by Gasteiger charge is 2.37. The van der Waals surface area contributed by atoms with Gasteiger partial charge in [0.25, 0.3) is 5.91 Å². The number of nitrogens with zero attached hydrogens (tertiary/aromatic N) is 3. The maximum atomic E-state index is 13.6. The van der Waals surface area contributed by atoms with E-state index in [0.717, 1.165) is 24.5 Å². The van der Waals surface area contributed by atoms with Crippen LogP contribution in [-0.4, -0.2) is 82.4 Å². The van der Waals surface area contributed by atoms with Crippen molar-refractivity contribution < 1.29 is 27.5 Å². The number of nitrogens with one attached hydrogen (secondary N) is 1. The van der Waals surface area contributed by atoms with E-state index in [0.29, 0.717) is 49.5 Å². The number of piperidine rings is 1. The number of aryl methyl sites for hydroxylation is 1. The third kappa shape index (κ3) is 5.10. The van der Waals surface area contributed by atoms with Crippen molar-refractivity contribution in [2.75, 3.05) is 63.2 Å². The van der Waals surface area contributed by atoms with Gasteiger partial charge in [-0.05, 0) is 55.7 Å². The first kappa shape index (κ1) is 25.3. The average Bonchev–Trinajstić information content (AvgIpc) is 2.92. The zero-order chi connectivity index (χ0) is 26.2. The Labute approximate surface area is 217 Å². The summed E-state index contributed by atoms with van der Waals surface area (Å²) in [4.78, 5) is 29.2. The number of piperazine rings is 1. The van der Waals surface area contributed by atoms with Crippen molar-refractivity contribution in [2.45, 2.75) is 24.7 Å². The van der Waals surface area contributed by atoms with Crippen molar-refractivity contribution >= 4 is 33.2 Å². The fourth-order valence-electron chi connectivity index (χ4n) is 5.23. The van der Waals surface area contributed by atoms with Gasteiger partial charge in [-0.15, -0.1) is 0 Å². The molecule has 0 spiro atoms. The predicted molar refractivity (Wildman–Crippen MR) is 139 cm³/mol. The van der Waals surface area contributed by atoms with Crippen LogP contribution < -0.4 is 19.7 Å². The van der Waals surface area contributed by atoms with E-state index in [2.05, 4.69) is 10.2 Å². The minimum Gasteiger partial charge on any atom is -0.497 e. The zero-order valence-corrected chi connectivity index (χ0v) is 21.9. The SMILES string of the molecule is COc1ccc(N2CCN(C(=O)C3CCCN(S(=O)(=O)c4cc5c(cc4C)NC(=O)CO5)C3)CC2)cc1. The van der Waals surface area contributed by atoms with Gasteiger partial charge in [-0.2, -0.15) is 4.31 Å². The average molecular weight is 529 g/mol. The minimum atomic E-state index is -3.84. The number of carbonyl (C=O) groups excluding carboxylic acids is 2. The van der Waals surface area contributed by atoms with Crippen molar-refractivity contribution in [1.29, 1.82) is 0 Å². The first-order valence-corrected chi connectivity index (χ1v) is 14.0. The Balaban J connectivity index is 1.24. The molecule has 10 nitrogen and oxygen atoms in total. The van der Waals surface area contributed by atoms with E-state index in [1.165, 1.54) is 10.4 Å². The van der Waals surface area contributed by atoms with Gasteiger partial charge in [0.1, 0.15) is 11.5 Å². The lowest BCUT2D eigenvalue weighted by Gasteiger charge is -2.39. The van der Waals surface area contributed by atoms with E-state index in [9.17, 15) is 18.0 Å². The van der Waals surface area contributed by atoms with Crippen LogP contribution in [0.5, 0.6) is 11.5 Å². The Morgan fingerprint density at radius 3 is 2.51 bits per heavy atom. The van der Waals surface area contributed by atoms with Crippen molar-refractivity contribution in [1.82, 2.24) is 9.21 Å². The Kier molecular flexibility index (Phi) is 7.00. The van der Waals surface area contributed by atoms with Crippen LogP contribution in [0.25, 0.3) is 0 Å². The molecular formula is C26H32N4O6S. The number of hydrogen-bond acceptors (Lipinski definition) is 7. The highest BCUT2D eigenvalue weighted by Crippen LogP contribution is 2.35. The van der Waals surface area contributed by atoms with Crippen LogP contribution in [0.3, 0.4) is 0 Å². The molecule has 3 aliphatic rings. The standard InChI is InChI=1S/C26H32N4O6S/c1-18-14-22-23(36-17-25(31)27-22)15-24(18)37(33,34)30-9-3-4-19(16-30)26(32)29-12-10-28(11-13-29)20-5-7-21(35-2)8-6-20/h5-8,14-15,19H,3-4,9-13,16-17H2,1-2H3,(H,27,31). The summed E-state index contributed by atoms with van der Waals surface area (Å²) in [6.07, 6.45) is 1.29. The summed E-state index contributed by atoms with van der Waals surface area (Å²) in [5, 5.41) is 2.70. The molecule has 0 bridgehead atoms. The number of hydrogen-bond donors (Lipinski definition) is 1. The number of methoxy groups -OCH3 is 1. The van der Waals surface area contributed by atoms with E-state index >= 15 is 0 Å². The molecular weight excluding hydrogens is 496 g/mol. The smallest absolute Gasteiger partial charge is 0.262 e. The molecule has 2 aromatic carbocycles. The second-order valence-corrected chi connectivity index (χ2v) is 11.6. The molecule has 1 atom stereocenters. The van der Waals surface area contributed by atoms with Crippen molar-refractivity contribution in [3.05, 3.63) is 42.0 Å². The second kappa shape index (κ2) is 10.2. The van der Waals surface area contributed by atoms with Crippen molar-refractivity contribution in [2.24, 2.45) is 5.92 Å². The molecule has 2 aromatic rings. The summed E-state index contributed by atoms with van der Waals surface area (Å²) in [5.41, 5.74) is 2.08. The summed E-state index contributed by atoms with van der Waals surface area (Å²) in [6.45, 7) is 4.71. The molecule has 2 fully saturated rings. The highest BCUT2D eigenvalue weighted by atomic mass is 32.2. The minimum absolute atomic E-state index is 0.0162. The first-order chi connectivity index (χ1) is 17.8. The molecule has 0 saturated carbocycles. The molecule has 2 amide bonds. The molecule has 3 aliphatic heterocycles. The molecule has 1 N–H and O–H groups in total. The number of ether oxygens (including phenoxy) is 2. The summed E-state index contributed by atoms with van der Waals surface area (Å²) < 4.78 is 39.3. The third-order valence-corrected chi connectivity index (χ3v) is 9.30. The quantitative estimate of drug-likeness (QED) is 0.633. The molecule has 1 unspecified atom stereocenters. The van der Waals surface area contributed by atoms with Gasteiger partial charge in [-0.25, -0.2) is 8.42 Å². The summed E-state index contributed by atoms with van der Waals surface area (Å²) in [5.74, 6) is 0.513. The molecule has 5 rings (SSSR count). The Hall–Kier alpha value is -3.31. The fraction of sp³-hybridized carbons (Fsp3) is 0.462. The van der Waals surface area contributed by atoms with Crippen LogP contribution in [0.4, 0.5) is 11.4 Å². The number of amides is 2. The van der Waals surface area contributed by atoms with E-state index < -0.39 is 10.0 Å². The van der Waals surface area contributed by atoms with Crippen LogP contribution in [0.15, 0.2) is 41.3 Å². The van der Waals surface area contributed by atoms with Crippen LogP contribution in [-0.2, 0) is 19.6 Å². The van der Waals surface area contributed by atoms with Crippen LogP contribution in [0, 0.1) is 12.8 Å². The van der Waals surface area contributed by atoms with E-state index in [1.807, 2.05) is 29.2 Å². The van der Waals surface area contributed by atoms with Crippen molar-refractivity contribution in [3.8, 4) is 11.5 Å². The number of rotatable bonds is 5. The van der Waals surface area contributed by atoms with Gasteiger partial charge in [-0.3, -0.25) is 9.59 Å². The molecule has 11 heteroatoms. The summed E-state index contributed by atoms with van der Waals surface area (Å²) >= 11 is 0. The number of benzene rings is 2. The van der Waals surface area contributed by atoms with Crippen LogP contribution >= 0.6 is 0 Å². The van der Waals surface area contributed by atoms with Gasteiger partial charge in [-0.1, -0.05) is 0 Å². The molecule has 2 saturated heterocycles. The summed E-state index contributed by atoms with van der Waals surface area (Å²) in [7, 11) is -2.20. The lowest BCUT2D eigenvalue weighted by Crippen LogP contribution is -2.53. The number of carbonyl (C=O) groups is 2. The predicted octanol–water partition coefficient (Wildman–Crippen LogP) is 2.08. The largest absolute Gasteiger partial charge is 0.497 e. The zero-order valence-electron chi connectivity index (χ0n) is 21.1. The monoisotopic (exact) mass is 528 g/mol. The highest BCUT2D eigenvalue weighted by molar-refractivity contribution is 7.89. The number of fused-ring (bicyclic) bond motifs is 1. The molecule has 198 valence electrons. The number of sulfonamides is 1. The Bertz CT molecular complexity index is 1290. The van der Waals surface area contributed by atoms with Gasteiger partial charge in [0, 0.05) is 51.0 Å². The Morgan fingerprint density at radius 1 is 1.08 bits per heavy atom. The molecule has 0 aliphatic carbocycles. The van der Waals surface area contributed by atoms with Gasteiger partial charge in [0.05, 0.1) is 23.6 Å². The van der Waals surface area contributed by atoms with Gasteiger partial charge in [0.2, 0.25) is 15.9 Å². The third-order valence-electron chi connectivity index (χ3n) is 7.29.